The minimum absolute atomic E-state index is 0.0151. The molecule has 0 bridgehead atoms. The Morgan fingerprint density at radius 3 is 2.88 bits per heavy atom. The van der Waals surface area contributed by atoms with Gasteiger partial charge in [0.1, 0.15) is 5.82 Å². The van der Waals surface area contributed by atoms with E-state index in [0.29, 0.717) is 6.54 Å². The van der Waals surface area contributed by atoms with Crippen LogP contribution in [0.15, 0.2) is 23.8 Å². The molecule has 4 N–H and O–H groups in total. The van der Waals surface area contributed by atoms with E-state index in [9.17, 15) is 4.39 Å². The topological polar surface area (TPSA) is 52.0 Å². The number of benzene rings is 1. The third kappa shape index (κ3) is 2.49. The Morgan fingerprint density at radius 2 is 2.12 bits per heavy atom. The molecule has 1 aliphatic carbocycles. The molecular weight excluding hydrogens is 203 g/mol. The van der Waals surface area contributed by atoms with Crippen molar-refractivity contribution >= 4 is 6.08 Å². The lowest BCUT2D eigenvalue weighted by molar-refractivity contribution is 0.625. The number of aryl methyl sites for hydroxylation is 1. The van der Waals surface area contributed by atoms with E-state index in [4.69, 9.17) is 11.5 Å². The van der Waals surface area contributed by atoms with Gasteiger partial charge in [-0.2, -0.15) is 0 Å². The second kappa shape index (κ2) is 4.76. The highest BCUT2D eigenvalue weighted by Gasteiger charge is 2.12. The van der Waals surface area contributed by atoms with Gasteiger partial charge in [-0.05, 0) is 42.5 Å². The van der Waals surface area contributed by atoms with Crippen LogP contribution in [-0.4, -0.2) is 12.6 Å². The zero-order valence-electron chi connectivity index (χ0n) is 9.25. The molecule has 0 unspecified atom stereocenters. The molecule has 1 aromatic rings. The highest BCUT2D eigenvalue weighted by Crippen LogP contribution is 2.26. The summed E-state index contributed by atoms with van der Waals surface area (Å²) >= 11 is 0. The Balaban J connectivity index is 2.20. The number of rotatable bonds is 3. The molecule has 0 aliphatic heterocycles. The molecule has 0 amide bonds. The summed E-state index contributed by atoms with van der Waals surface area (Å²) in [7, 11) is 0. The van der Waals surface area contributed by atoms with E-state index in [2.05, 4.69) is 6.08 Å². The van der Waals surface area contributed by atoms with Gasteiger partial charge in [-0.1, -0.05) is 17.7 Å². The molecule has 0 radical (unpaired) electrons. The second-order valence-corrected chi connectivity index (χ2v) is 4.35. The van der Waals surface area contributed by atoms with Gasteiger partial charge in [-0.15, -0.1) is 0 Å². The molecule has 1 aromatic carbocycles. The molecule has 0 aromatic heterocycles. The van der Waals surface area contributed by atoms with Crippen LogP contribution in [0.1, 0.15) is 24.0 Å². The van der Waals surface area contributed by atoms with Crippen LogP contribution in [0, 0.1) is 5.82 Å². The first-order chi connectivity index (χ1) is 7.69. The van der Waals surface area contributed by atoms with Crippen molar-refractivity contribution in [2.75, 3.05) is 6.54 Å². The standard InChI is InChI=1S/C13H17FN2/c14-12-4-3-10-2-1-9(5-11(10)7-12)6-13(16)8-15/h3-5,7,13H,1-2,6,8,15-16H2/t13-/m0/s1. The van der Waals surface area contributed by atoms with Crippen LogP contribution in [0.25, 0.3) is 6.08 Å². The van der Waals surface area contributed by atoms with Gasteiger partial charge in [0.2, 0.25) is 0 Å². The van der Waals surface area contributed by atoms with E-state index < -0.39 is 0 Å². The quantitative estimate of drug-likeness (QED) is 0.816. The maximum Gasteiger partial charge on any atom is 0.123 e. The van der Waals surface area contributed by atoms with E-state index in [-0.39, 0.29) is 11.9 Å². The molecule has 2 nitrogen and oxygen atoms in total. The van der Waals surface area contributed by atoms with Crippen LogP contribution in [0.2, 0.25) is 0 Å². The van der Waals surface area contributed by atoms with Crippen molar-refractivity contribution in [3.63, 3.8) is 0 Å². The monoisotopic (exact) mass is 220 g/mol. The molecule has 0 spiro atoms. The van der Waals surface area contributed by atoms with Gasteiger partial charge < -0.3 is 11.5 Å². The molecule has 2 rings (SSSR count). The molecule has 1 aliphatic rings. The van der Waals surface area contributed by atoms with Crippen molar-refractivity contribution in [3.05, 3.63) is 40.7 Å². The van der Waals surface area contributed by atoms with E-state index >= 15 is 0 Å². The predicted octanol–water partition coefficient (Wildman–Crippen LogP) is 1.83. The highest BCUT2D eigenvalue weighted by molar-refractivity contribution is 5.59. The van der Waals surface area contributed by atoms with Crippen LogP contribution in [-0.2, 0) is 6.42 Å². The lowest BCUT2D eigenvalue weighted by Gasteiger charge is -2.18. The summed E-state index contributed by atoms with van der Waals surface area (Å²) in [4.78, 5) is 0. The molecule has 0 fully saturated rings. The van der Waals surface area contributed by atoms with Crippen molar-refractivity contribution in [3.8, 4) is 0 Å². The van der Waals surface area contributed by atoms with E-state index in [1.807, 2.05) is 6.07 Å². The average Bonchev–Trinajstić information content (AvgIpc) is 2.28. The maximum absolute atomic E-state index is 13.1. The Labute approximate surface area is 95.1 Å². The third-order valence-electron chi connectivity index (χ3n) is 3.01. The molecular formula is C13H17FN2. The largest absolute Gasteiger partial charge is 0.329 e. The molecule has 0 heterocycles. The summed E-state index contributed by atoms with van der Waals surface area (Å²) in [6.07, 6.45) is 4.84. The predicted molar refractivity (Wildman–Crippen MR) is 64.3 cm³/mol. The van der Waals surface area contributed by atoms with E-state index in [1.54, 1.807) is 6.07 Å². The fraction of sp³-hybridized carbons (Fsp3) is 0.385. The number of halogens is 1. The van der Waals surface area contributed by atoms with Gasteiger partial charge in [0.25, 0.3) is 0 Å². The van der Waals surface area contributed by atoms with Gasteiger partial charge in [-0.3, -0.25) is 0 Å². The number of hydrogen-bond acceptors (Lipinski definition) is 2. The van der Waals surface area contributed by atoms with E-state index in [1.165, 1.54) is 17.2 Å². The van der Waals surface area contributed by atoms with E-state index in [0.717, 1.165) is 24.8 Å². The average molecular weight is 220 g/mol. The van der Waals surface area contributed by atoms with Crippen molar-refractivity contribution < 1.29 is 4.39 Å². The summed E-state index contributed by atoms with van der Waals surface area (Å²) in [6, 6.07) is 4.98. The number of hydrogen-bond donors (Lipinski definition) is 2. The first-order valence-corrected chi connectivity index (χ1v) is 5.62. The first kappa shape index (κ1) is 11.3. The zero-order chi connectivity index (χ0) is 11.5. The molecule has 1 atom stereocenters. The summed E-state index contributed by atoms with van der Waals surface area (Å²) in [6.45, 7) is 0.493. The minimum atomic E-state index is -0.181. The number of fused-ring (bicyclic) bond motifs is 1. The molecule has 3 heteroatoms. The number of nitrogens with two attached hydrogens (primary N) is 2. The van der Waals surface area contributed by atoms with Crippen LogP contribution in [0.4, 0.5) is 4.39 Å². The van der Waals surface area contributed by atoms with Crippen molar-refractivity contribution in [1.29, 1.82) is 0 Å². The van der Waals surface area contributed by atoms with Gasteiger partial charge in [0, 0.05) is 12.6 Å². The molecule has 86 valence electrons. The SMILES string of the molecule is NC[C@@H](N)CC1=Cc2cc(F)ccc2CC1. The zero-order valence-corrected chi connectivity index (χ0v) is 9.25. The molecule has 0 saturated carbocycles. The van der Waals surface area contributed by atoms with Crippen LogP contribution >= 0.6 is 0 Å². The second-order valence-electron chi connectivity index (χ2n) is 4.35. The summed E-state index contributed by atoms with van der Waals surface area (Å²) in [5.41, 5.74) is 14.8. The summed E-state index contributed by atoms with van der Waals surface area (Å²) < 4.78 is 13.1. The van der Waals surface area contributed by atoms with Gasteiger partial charge in [0.15, 0.2) is 0 Å². The van der Waals surface area contributed by atoms with Gasteiger partial charge >= 0.3 is 0 Å². The van der Waals surface area contributed by atoms with Crippen LogP contribution < -0.4 is 11.5 Å². The fourth-order valence-electron chi connectivity index (χ4n) is 2.10. The minimum Gasteiger partial charge on any atom is -0.329 e. The Morgan fingerprint density at radius 1 is 1.31 bits per heavy atom. The highest BCUT2D eigenvalue weighted by atomic mass is 19.1. The van der Waals surface area contributed by atoms with Crippen molar-refractivity contribution in [2.45, 2.75) is 25.3 Å². The Kier molecular flexibility index (Phi) is 3.36. The Hall–Kier alpha value is -1.19. The maximum atomic E-state index is 13.1. The summed E-state index contributed by atoms with van der Waals surface area (Å²) in [5, 5.41) is 0. The normalized spacial score (nSPS) is 16.6. The van der Waals surface area contributed by atoms with Gasteiger partial charge in [0.05, 0.1) is 0 Å². The fourth-order valence-corrected chi connectivity index (χ4v) is 2.10. The lowest BCUT2D eigenvalue weighted by atomic mass is 9.89. The van der Waals surface area contributed by atoms with Crippen molar-refractivity contribution in [1.82, 2.24) is 0 Å². The molecule has 0 saturated heterocycles. The smallest absolute Gasteiger partial charge is 0.123 e. The first-order valence-electron chi connectivity index (χ1n) is 5.62. The summed E-state index contributed by atoms with van der Waals surface area (Å²) in [5.74, 6) is -0.181. The molecule has 16 heavy (non-hydrogen) atoms. The Bertz CT molecular complexity index is 412. The lowest BCUT2D eigenvalue weighted by Crippen LogP contribution is -2.30. The van der Waals surface area contributed by atoms with Gasteiger partial charge in [-0.25, -0.2) is 4.39 Å². The van der Waals surface area contributed by atoms with Crippen LogP contribution in [0.3, 0.4) is 0 Å². The third-order valence-corrected chi connectivity index (χ3v) is 3.01. The van der Waals surface area contributed by atoms with Crippen LogP contribution in [0.5, 0.6) is 0 Å². The van der Waals surface area contributed by atoms with Crippen molar-refractivity contribution in [2.24, 2.45) is 11.5 Å².